The van der Waals surface area contributed by atoms with Crippen LogP contribution in [0.3, 0.4) is 0 Å². The van der Waals surface area contributed by atoms with E-state index in [4.69, 9.17) is 14.2 Å². The number of nitrogens with one attached hydrogen (secondary N) is 1. The van der Waals surface area contributed by atoms with E-state index in [1.807, 2.05) is 60.7 Å². The average molecular weight is 682 g/mol. The van der Waals surface area contributed by atoms with Crippen molar-refractivity contribution in [2.75, 3.05) is 0 Å². The number of rotatable bonds is 12. The zero-order valence-electron chi connectivity index (χ0n) is 26.0. The van der Waals surface area contributed by atoms with Crippen molar-refractivity contribution in [1.82, 2.24) is 10.2 Å². The van der Waals surface area contributed by atoms with E-state index >= 15 is 0 Å². The van der Waals surface area contributed by atoms with E-state index in [2.05, 4.69) is 5.32 Å². The van der Waals surface area contributed by atoms with Crippen LogP contribution >= 0.6 is 11.8 Å². The summed E-state index contributed by atoms with van der Waals surface area (Å²) in [6.07, 6.45) is -0.700. The highest BCUT2D eigenvalue weighted by Gasteiger charge is 2.61. The first-order chi connectivity index (χ1) is 23.8. The number of carbonyl (C=O) groups excluding carboxylic acids is 4. The molecule has 0 aromatic heterocycles. The molecule has 0 bridgehead atoms. The molecule has 0 aliphatic carbocycles. The minimum absolute atomic E-state index is 0.0326. The standard InChI is InChI=1S/C36H31N3O9S/c40-29(19-23-7-3-1-4-8-23)37-30-33(41)38-31(35(42)46-20-26-13-17-28(18-14-26)39(44)45)32(49-34(30)38)27-15-11-25(12-16-27)22-48-36(43)47-21-24-9-5-2-6-10-24/h1-18,30-32,34H,19-22H2,(H,37,40)/t30-,31-,32-,34-/m1/s1. The Hall–Kier alpha value is -5.69. The van der Waals surface area contributed by atoms with Gasteiger partial charge in [0.1, 0.15) is 37.3 Å². The van der Waals surface area contributed by atoms with Crippen LogP contribution in [0.25, 0.3) is 0 Å². The minimum atomic E-state index is -0.988. The molecule has 2 aliphatic heterocycles. The number of nitrogens with zero attached hydrogens (tertiary/aromatic N) is 2. The molecule has 2 heterocycles. The van der Waals surface area contributed by atoms with Crippen LogP contribution in [0.2, 0.25) is 0 Å². The van der Waals surface area contributed by atoms with Gasteiger partial charge in [-0.3, -0.25) is 19.7 Å². The fraction of sp³-hybridized carbons (Fsp3) is 0.222. The summed E-state index contributed by atoms with van der Waals surface area (Å²) in [4.78, 5) is 63.9. The maximum atomic E-state index is 13.6. The fourth-order valence-electron chi connectivity index (χ4n) is 5.59. The van der Waals surface area contributed by atoms with E-state index in [9.17, 15) is 29.3 Å². The number of nitro groups is 1. The number of amides is 2. The summed E-state index contributed by atoms with van der Waals surface area (Å²) >= 11 is 1.37. The van der Waals surface area contributed by atoms with E-state index in [0.29, 0.717) is 11.1 Å². The predicted molar refractivity (Wildman–Crippen MR) is 178 cm³/mol. The largest absolute Gasteiger partial charge is 0.508 e. The molecule has 2 amide bonds. The van der Waals surface area contributed by atoms with E-state index in [1.165, 1.54) is 40.9 Å². The highest BCUT2D eigenvalue weighted by Crippen LogP contribution is 2.52. The van der Waals surface area contributed by atoms with Gasteiger partial charge in [-0.1, -0.05) is 84.9 Å². The van der Waals surface area contributed by atoms with Gasteiger partial charge < -0.3 is 24.4 Å². The van der Waals surface area contributed by atoms with Crippen LogP contribution in [0.15, 0.2) is 109 Å². The Morgan fingerprint density at radius 1 is 0.735 bits per heavy atom. The van der Waals surface area contributed by atoms with Gasteiger partial charge in [0.15, 0.2) is 0 Å². The molecule has 13 heteroatoms. The lowest BCUT2D eigenvalue weighted by Crippen LogP contribution is -2.70. The first-order valence-corrected chi connectivity index (χ1v) is 16.3. The molecule has 0 saturated carbocycles. The molecule has 4 atom stereocenters. The number of ether oxygens (including phenoxy) is 3. The van der Waals surface area contributed by atoms with Crippen LogP contribution in [0.5, 0.6) is 0 Å². The zero-order chi connectivity index (χ0) is 34.3. The van der Waals surface area contributed by atoms with Crippen molar-refractivity contribution < 1.29 is 38.3 Å². The topological polar surface area (TPSA) is 154 Å². The molecule has 2 aliphatic rings. The summed E-state index contributed by atoms with van der Waals surface area (Å²) in [5.74, 6) is -1.34. The number of carbonyl (C=O) groups is 4. The van der Waals surface area contributed by atoms with Crippen LogP contribution in [0, 0.1) is 10.1 Å². The van der Waals surface area contributed by atoms with Gasteiger partial charge in [-0.15, -0.1) is 11.8 Å². The molecule has 6 rings (SSSR count). The lowest BCUT2D eigenvalue weighted by atomic mass is 9.97. The van der Waals surface area contributed by atoms with Crippen molar-refractivity contribution in [3.05, 3.63) is 147 Å². The first-order valence-electron chi connectivity index (χ1n) is 15.4. The van der Waals surface area contributed by atoms with Gasteiger partial charge in [0.05, 0.1) is 16.6 Å². The molecular formula is C36H31N3O9S. The average Bonchev–Trinajstić information content (AvgIpc) is 3.49. The molecule has 1 N–H and O–H groups in total. The number of non-ortho nitro benzene ring substituents is 1. The second-order valence-electron chi connectivity index (χ2n) is 11.4. The van der Waals surface area contributed by atoms with Crippen molar-refractivity contribution in [3.8, 4) is 0 Å². The molecule has 0 radical (unpaired) electrons. The Morgan fingerprint density at radius 3 is 1.86 bits per heavy atom. The monoisotopic (exact) mass is 681 g/mol. The van der Waals surface area contributed by atoms with Crippen LogP contribution in [-0.2, 0) is 54.8 Å². The number of esters is 1. The van der Waals surface area contributed by atoms with Crippen molar-refractivity contribution in [2.24, 2.45) is 0 Å². The fourth-order valence-corrected chi connectivity index (χ4v) is 7.30. The minimum Gasteiger partial charge on any atom is -0.459 e. The molecule has 4 aromatic rings. The summed E-state index contributed by atoms with van der Waals surface area (Å²) < 4.78 is 16.0. The molecule has 12 nitrogen and oxygen atoms in total. The zero-order valence-corrected chi connectivity index (χ0v) is 26.8. The van der Waals surface area contributed by atoms with Crippen molar-refractivity contribution in [2.45, 2.75) is 48.9 Å². The SMILES string of the molecule is O=C(Cc1ccccc1)N[C@@H]1C(=O)N2[C@@H]1S[C@H](c1ccc(COC(=O)OCc3ccccc3)cc1)[C@@H]2C(=O)OCc1ccc([N+](=O)[O-])cc1. The van der Waals surface area contributed by atoms with Gasteiger partial charge in [-0.2, -0.15) is 0 Å². The van der Waals surface area contributed by atoms with Crippen LogP contribution in [0.4, 0.5) is 10.5 Å². The van der Waals surface area contributed by atoms with Crippen LogP contribution in [-0.4, -0.2) is 51.2 Å². The molecule has 0 spiro atoms. The quantitative estimate of drug-likeness (QED) is 0.0908. The first kappa shape index (κ1) is 33.2. The highest BCUT2D eigenvalue weighted by molar-refractivity contribution is 8.00. The van der Waals surface area contributed by atoms with E-state index in [-0.39, 0.29) is 37.8 Å². The summed E-state index contributed by atoms with van der Waals surface area (Å²) in [6, 6.07) is 29.4. The molecule has 2 fully saturated rings. The Balaban J connectivity index is 1.12. The second kappa shape index (κ2) is 15.0. The second-order valence-corrected chi connectivity index (χ2v) is 12.7. The van der Waals surface area contributed by atoms with Gasteiger partial charge >= 0.3 is 12.1 Å². The third kappa shape index (κ3) is 7.90. The summed E-state index contributed by atoms with van der Waals surface area (Å²) in [6.45, 7) is -0.0935. The van der Waals surface area contributed by atoms with Crippen molar-refractivity contribution in [1.29, 1.82) is 0 Å². The maximum absolute atomic E-state index is 13.6. The van der Waals surface area contributed by atoms with Gasteiger partial charge in [-0.05, 0) is 39.9 Å². The predicted octanol–water partition coefficient (Wildman–Crippen LogP) is 5.24. The van der Waals surface area contributed by atoms with Crippen molar-refractivity contribution >= 4 is 41.4 Å². The summed E-state index contributed by atoms with van der Waals surface area (Å²) in [5.41, 5.74) is 3.52. The Kier molecular flexibility index (Phi) is 10.2. The summed E-state index contributed by atoms with van der Waals surface area (Å²) in [7, 11) is 0. The van der Waals surface area contributed by atoms with Gasteiger partial charge in [0.25, 0.3) is 5.69 Å². The number of β-lactam (4-membered cyclic amide) rings is 1. The number of nitro benzene ring substituents is 1. The lowest BCUT2D eigenvalue weighted by molar-refractivity contribution is -0.384. The molecule has 250 valence electrons. The normalized spacial score (nSPS) is 19.3. The lowest BCUT2D eigenvalue weighted by Gasteiger charge is -2.43. The van der Waals surface area contributed by atoms with E-state index in [0.717, 1.165) is 16.7 Å². The molecule has 2 saturated heterocycles. The van der Waals surface area contributed by atoms with E-state index in [1.54, 1.807) is 24.3 Å². The number of hydrogen-bond donors (Lipinski definition) is 1. The van der Waals surface area contributed by atoms with Crippen LogP contribution < -0.4 is 5.32 Å². The molecule has 0 unspecified atom stereocenters. The van der Waals surface area contributed by atoms with Gasteiger partial charge in [0.2, 0.25) is 11.8 Å². The third-order valence-corrected chi connectivity index (χ3v) is 9.71. The Bertz CT molecular complexity index is 1820. The molecule has 49 heavy (non-hydrogen) atoms. The van der Waals surface area contributed by atoms with Crippen LogP contribution in [0.1, 0.15) is 33.1 Å². The summed E-state index contributed by atoms with van der Waals surface area (Å²) in [5, 5.41) is 12.8. The van der Waals surface area contributed by atoms with Crippen molar-refractivity contribution in [3.63, 3.8) is 0 Å². The smallest absolute Gasteiger partial charge is 0.459 e. The Morgan fingerprint density at radius 2 is 1.27 bits per heavy atom. The van der Waals surface area contributed by atoms with Gasteiger partial charge in [-0.25, -0.2) is 9.59 Å². The highest BCUT2D eigenvalue weighted by atomic mass is 32.2. The number of benzene rings is 4. The van der Waals surface area contributed by atoms with Gasteiger partial charge in [0, 0.05) is 12.1 Å². The third-order valence-electron chi connectivity index (χ3n) is 8.11. The van der Waals surface area contributed by atoms with E-state index < -0.39 is 45.7 Å². The molecule has 4 aromatic carbocycles. The maximum Gasteiger partial charge on any atom is 0.508 e. The number of hydrogen-bond acceptors (Lipinski definition) is 10. The number of thioether (sulfide) groups is 1. The molecular weight excluding hydrogens is 650 g/mol. The Labute approximate surface area is 285 Å². The number of fused-ring (bicyclic) bond motifs is 1.